The maximum absolute atomic E-state index is 14.3. The molecule has 120 valence electrons. The van der Waals surface area contributed by atoms with Gasteiger partial charge in [0.05, 0.1) is 18.8 Å². The third kappa shape index (κ3) is 2.82. The third-order valence-electron chi connectivity index (χ3n) is 3.80. The standard InChI is InChI=1S/C14H14F2N6O/c1-10(22-5-4-18-20-22)14(23,7-21-9-17-8-19-21)12-3-2-11(15)6-13(12)16/h2-6,8-10,23H,7H2,1H3/t10-,14-/m0/s1. The third-order valence-corrected chi connectivity index (χ3v) is 3.80. The van der Waals surface area contributed by atoms with Crippen LogP contribution in [-0.2, 0) is 12.1 Å². The molecule has 0 amide bonds. The average molecular weight is 320 g/mol. The Morgan fingerprint density at radius 2 is 2.17 bits per heavy atom. The van der Waals surface area contributed by atoms with Gasteiger partial charge in [-0.25, -0.2) is 23.1 Å². The van der Waals surface area contributed by atoms with E-state index in [0.717, 1.165) is 12.1 Å². The molecular weight excluding hydrogens is 306 g/mol. The summed E-state index contributed by atoms with van der Waals surface area (Å²) in [5, 5.41) is 22.7. The molecule has 0 aliphatic carbocycles. The first kappa shape index (κ1) is 15.2. The van der Waals surface area contributed by atoms with Crippen LogP contribution in [0.25, 0.3) is 0 Å². The molecule has 1 N–H and O–H groups in total. The fourth-order valence-corrected chi connectivity index (χ4v) is 2.49. The second-order valence-corrected chi connectivity index (χ2v) is 5.20. The summed E-state index contributed by atoms with van der Waals surface area (Å²) in [4.78, 5) is 3.81. The van der Waals surface area contributed by atoms with Gasteiger partial charge in [0.15, 0.2) is 0 Å². The maximum Gasteiger partial charge on any atom is 0.137 e. The Hall–Kier alpha value is -2.68. The Bertz CT molecular complexity index is 777. The van der Waals surface area contributed by atoms with Gasteiger partial charge in [-0.05, 0) is 13.0 Å². The van der Waals surface area contributed by atoms with Crippen molar-refractivity contribution < 1.29 is 13.9 Å². The van der Waals surface area contributed by atoms with Crippen molar-refractivity contribution in [3.05, 3.63) is 60.4 Å². The number of benzene rings is 1. The quantitative estimate of drug-likeness (QED) is 0.766. The minimum absolute atomic E-state index is 0.0580. The lowest BCUT2D eigenvalue weighted by molar-refractivity contribution is -0.0374. The van der Waals surface area contributed by atoms with E-state index in [9.17, 15) is 13.9 Å². The highest BCUT2D eigenvalue weighted by molar-refractivity contribution is 5.26. The fraction of sp³-hybridized carbons (Fsp3) is 0.286. The van der Waals surface area contributed by atoms with Gasteiger partial charge >= 0.3 is 0 Å². The minimum Gasteiger partial charge on any atom is -0.381 e. The predicted octanol–water partition coefficient (Wildman–Crippen LogP) is 1.30. The molecule has 1 aromatic carbocycles. The number of rotatable bonds is 5. The monoisotopic (exact) mass is 320 g/mol. The van der Waals surface area contributed by atoms with Crippen molar-refractivity contribution in [3.63, 3.8) is 0 Å². The molecule has 3 rings (SSSR count). The van der Waals surface area contributed by atoms with Crippen LogP contribution in [0.2, 0.25) is 0 Å². The molecule has 2 heterocycles. The van der Waals surface area contributed by atoms with E-state index < -0.39 is 23.3 Å². The van der Waals surface area contributed by atoms with Crippen LogP contribution in [0.1, 0.15) is 18.5 Å². The first-order valence-electron chi connectivity index (χ1n) is 6.87. The van der Waals surface area contributed by atoms with Crippen molar-refractivity contribution in [1.29, 1.82) is 0 Å². The van der Waals surface area contributed by atoms with Crippen LogP contribution in [0.3, 0.4) is 0 Å². The Morgan fingerprint density at radius 3 is 2.78 bits per heavy atom. The molecule has 0 fully saturated rings. The first-order valence-corrected chi connectivity index (χ1v) is 6.87. The number of hydrogen-bond acceptors (Lipinski definition) is 5. The van der Waals surface area contributed by atoms with Gasteiger partial charge < -0.3 is 5.11 Å². The van der Waals surface area contributed by atoms with E-state index in [1.165, 1.54) is 34.3 Å². The number of hydrogen-bond donors (Lipinski definition) is 1. The van der Waals surface area contributed by atoms with E-state index in [-0.39, 0.29) is 12.1 Å². The van der Waals surface area contributed by atoms with Gasteiger partial charge in [0.25, 0.3) is 0 Å². The molecule has 2 aromatic heterocycles. The highest BCUT2D eigenvalue weighted by Crippen LogP contribution is 2.36. The molecule has 2 atom stereocenters. The molecule has 23 heavy (non-hydrogen) atoms. The number of aromatic nitrogens is 6. The molecule has 3 aromatic rings. The number of nitrogens with zero attached hydrogens (tertiary/aromatic N) is 6. The first-order chi connectivity index (χ1) is 11.0. The molecule has 0 saturated heterocycles. The van der Waals surface area contributed by atoms with Gasteiger partial charge in [-0.1, -0.05) is 11.3 Å². The fourth-order valence-electron chi connectivity index (χ4n) is 2.49. The van der Waals surface area contributed by atoms with Crippen LogP contribution in [0.5, 0.6) is 0 Å². The Balaban J connectivity index is 2.08. The summed E-state index contributed by atoms with van der Waals surface area (Å²) >= 11 is 0. The lowest BCUT2D eigenvalue weighted by Gasteiger charge is -2.34. The Morgan fingerprint density at radius 1 is 1.35 bits per heavy atom. The zero-order chi connectivity index (χ0) is 16.4. The highest BCUT2D eigenvalue weighted by Gasteiger charge is 2.40. The molecule has 0 unspecified atom stereocenters. The number of halogens is 2. The summed E-state index contributed by atoms with van der Waals surface area (Å²) in [6.07, 6.45) is 5.72. The van der Waals surface area contributed by atoms with Gasteiger partial charge in [-0.15, -0.1) is 5.10 Å². The van der Waals surface area contributed by atoms with Crippen molar-refractivity contribution in [2.45, 2.75) is 25.1 Å². The molecule has 0 bridgehead atoms. The van der Waals surface area contributed by atoms with Gasteiger partial charge in [0.2, 0.25) is 0 Å². The normalized spacial score (nSPS) is 15.3. The predicted molar refractivity (Wildman–Crippen MR) is 75.0 cm³/mol. The summed E-state index contributed by atoms with van der Waals surface area (Å²) in [5.74, 6) is -1.57. The van der Waals surface area contributed by atoms with Gasteiger partial charge in [-0.3, -0.25) is 0 Å². The van der Waals surface area contributed by atoms with Crippen LogP contribution in [0.15, 0.2) is 43.2 Å². The second-order valence-electron chi connectivity index (χ2n) is 5.20. The van der Waals surface area contributed by atoms with Crippen molar-refractivity contribution in [1.82, 2.24) is 29.8 Å². The molecule has 0 aliphatic rings. The molecule has 0 aliphatic heterocycles. The lowest BCUT2D eigenvalue weighted by Crippen LogP contribution is -2.40. The molecule has 0 radical (unpaired) electrons. The van der Waals surface area contributed by atoms with Crippen molar-refractivity contribution in [2.75, 3.05) is 0 Å². The summed E-state index contributed by atoms with van der Waals surface area (Å²) < 4.78 is 30.3. The summed E-state index contributed by atoms with van der Waals surface area (Å²) in [7, 11) is 0. The second kappa shape index (κ2) is 5.84. The molecule has 9 heteroatoms. The molecule has 7 nitrogen and oxygen atoms in total. The van der Waals surface area contributed by atoms with Crippen LogP contribution in [-0.4, -0.2) is 34.9 Å². The summed E-state index contributed by atoms with van der Waals surface area (Å²) in [6.45, 7) is 1.57. The molecule has 0 spiro atoms. The van der Waals surface area contributed by atoms with E-state index in [1.54, 1.807) is 13.1 Å². The van der Waals surface area contributed by atoms with E-state index in [1.807, 2.05) is 0 Å². The van der Waals surface area contributed by atoms with Crippen molar-refractivity contribution in [3.8, 4) is 0 Å². The van der Waals surface area contributed by atoms with Gasteiger partial charge in [0, 0.05) is 17.8 Å². The average Bonchev–Trinajstić information content (AvgIpc) is 3.19. The van der Waals surface area contributed by atoms with Crippen LogP contribution < -0.4 is 0 Å². The zero-order valence-electron chi connectivity index (χ0n) is 12.2. The molecule has 0 saturated carbocycles. The van der Waals surface area contributed by atoms with E-state index in [0.29, 0.717) is 0 Å². The van der Waals surface area contributed by atoms with E-state index >= 15 is 0 Å². The SMILES string of the molecule is C[C@H](n1ccnn1)[C@@](O)(Cn1cncn1)c1ccc(F)cc1F. The molecular formula is C14H14F2N6O. The topological polar surface area (TPSA) is 81.6 Å². The smallest absolute Gasteiger partial charge is 0.137 e. The van der Waals surface area contributed by atoms with Crippen LogP contribution in [0, 0.1) is 11.6 Å². The largest absolute Gasteiger partial charge is 0.381 e. The lowest BCUT2D eigenvalue weighted by atomic mass is 9.86. The van der Waals surface area contributed by atoms with Gasteiger partial charge in [0.1, 0.15) is 29.9 Å². The highest BCUT2D eigenvalue weighted by atomic mass is 19.1. The van der Waals surface area contributed by atoms with Crippen molar-refractivity contribution >= 4 is 0 Å². The van der Waals surface area contributed by atoms with Gasteiger partial charge in [-0.2, -0.15) is 5.10 Å². The summed E-state index contributed by atoms with van der Waals surface area (Å²) in [5.41, 5.74) is -1.79. The minimum atomic E-state index is -1.74. The van der Waals surface area contributed by atoms with Crippen LogP contribution >= 0.6 is 0 Å². The maximum atomic E-state index is 14.3. The number of aliphatic hydroxyl groups is 1. The van der Waals surface area contributed by atoms with Crippen LogP contribution in [0.4, 0.5) is 8.78 Å². The summed E-state index contributed by atoms with van der Waals surface area (Å²) in [6, 6.07) is 2.36. The van der Waals surface area contributed by atoms with E-state index in [4.69, 9.17) is 0 Å². The van der Waals surface area contributed by atoms with Crippen molar-refractivity contribution in [2.24, 2.45) is 0 Å². The van der Waals surface area contributed by atoms with E-state index in [2.05, 4.69) is 20.4 Å². The Kier molecular flexibility index (Phi) is 3.87. The Labute approximate surface area is 130 Å². The zero-order valence-corrected chi connectivity index (χ0v) is 12.2.